The molecule has 0 aliphatic carbocycles. The molecule has 7 nitrogen and oxygen atoms in total. The highest BCUT2D eigenvalue weighted by Crippen LogP contribution is 2.28. The van der Waals surface area contributed by atoms with E-state index >= 15 is 0 Å². The van der Waals surface area contributed by atoms with E-state index in [0.717, 1.165) is 42.4 Å². The van der Waals surface area contributed by atoms with Crippen molar-refractivity contribution in [3.8, 4) is 0 Å². The van der Waals surface area contributed by atoms with E-state index in [-0.39, 0.29) is 16.9 Å². The van der Waals surface area contributed by atoms with Crippen molar-refractivity contribution in [3.05, 3.63) is 112 Å². The zero-order valence-corrected chi connectivity index (χ0v) is 20.1. The number of hydrogen-bond acceptors (Lipinski definition) is 5. The fraction of sp³-hybridized carbons (Fsp3) is 0.200. The van der Waals surface area contributed by atoms with Crippen LogP contribution >= 0.6 is 0 Å². The number of carbonyl (C=O) groups excluding carboxylic acids is 2. The highest BCUT2D eigenvalue weighted by atomic mass is 16.5. The zero-order chi connectivity index (χ0) is 25.4. The number of aryl methyl sites for hydroxylation is 1. The summed E-state index contributed by atoms with van der Waals surface area (Å²) in [5.41, 5.74) is 2.48. The second kappa shape index (κ2) is 9.50. The molecule has 1 unspecified atom stereocenters. The summed E-state index contributed by atoms with van der Waals surface area (Å²) in [6.45, 7) is 0.662. The lowest BCUT2D eigenvalue weighted by Crippen LogP contribution is -2.25. The molecule has 0 amide bonds. The van der Waals surface area contributed by atoms with E-state index in [9.17, 15) is 14.4 Å². The molecule has 37 heavy (non-hydrogen) atoms. The van der Waals surface area contributed by atoms with Crippen LogP contribution in [0.3, 0.4) is 0 Å². The van der Waals surface area contributed by atoms with Crippen molar-refractivity contribution in [2.75, 3.05) is 0 Å². The Bertz CT molecular complexity index is 1700. The van der Waals surface area contributed by atoms with E-state index in [4.69, 9.17) is 9.72 Å². The topological polar surface area (TPSA) is 94.0 Å². The Hall–Kier alpha value is -4.52. The number of esters is 1. The maximum atomic E-state index is 13.7. The van der Waals surface area contributed by atoms with Crippen molar-refractivity contribution < 1.29 is 14.3 Å². The summed E-state index contributed by atoms with van der Waals surface area (Å²) < 4.78 is 7.60. The van der Waals surface area contributed by atoms with Crippen molar-refractivity contribution >= 4 is 33.6 Å². The average Bonchev–Trinajstić information content (AvgIpc) is 3.22. The lowest BCUT2D eigenvalue weighted by atomic mass is 9.99. The van der Waals surface area contributed by atoms with Gasteiger partial charge in [0, 0.05) is 41.2 Å². The number of rotatable bonds is 5. The van der Waals surface area contributed by atoms with Crippen molar-refractivity contribution in [1.29, 1.82) is 0 Å². The van der Waals surface area contributed by atoms with Gasteiger partial charge in [-0.3, -0.25) is 14.2 Å². The van der Waals surface area contributed by atoms with Crippen LogP contribution in [-0.2, 0) is 17.7 Å². The summed E-state index contributed by atoms with van der Waals surface area (Å²) in [5.74, 6) is -0.225. The second-order valence-corrected chi connectivity index (χ2v) is 9.34. The third-order valence-corrected chi connectivity index (χ3v) is 6.97. The molecule has 2 aromatic heterocycles. The van der Waals surface area contributed by atoms with Crippen molar-refractivity contribution in [2.24, 2.45) is 0 Å². The number of carbonyl (C=O) groups is 2. The van der Waals surface area contributed by atoms with Crippen molar-refractivity contribution in [2.45, 2.75) is 38.3 Å². The summed E-state index contributed by atoms with van der Waals surface area (Å²) in [4.78, 5) is 47.9. The van der Waals surface area contributed by atoms with E-state index < -0.39 is 12.1 Å². The van der Waals surface area contributed by atoms with Gasteiger partial charge in [0.1, 0.15) is 5.82 Å². The van der Waals surface area contributed by atoms with Gasteiger partial charge < -0.3 is 9.72 Å². The van der Waals surface area contributed by atoms with E-state index in [1.807, 2.05) is 30.3 Å². The van der Waals surface area contributed by atoms with Gasteiger partial charge in [-0.15, -0.1) is 0 Å². The van der Waals surface area contributed by atoms with E-state index in [1.165, 1.54) is 0 Å². The van der Waals surface area contributed by atoms with Crippen LogP contribution in [0.15, 0.2) is 83.8 Å². The minimum atomic E-state index is -1.13. The molecule has 184 valence electrons. The Morgan fingerprint density at radius 3 is 2.59 bits per heavy atom. The van der Waals surface area contributed by atoms with Gasteiger partial charge in [0.2, 0.25) is 5.78 Å². The van der Waals surface area contributed by atoms with Gasteiger partial charge >= 0.3 is 5.97 Å². The van der Waals surface area contributed by atoms with E-state index in [1.54, 1.807) is 53.2 Å². The van der Waals surface area contributed by atoms with Crippen LogP contribution < -0.4 is 5.56 Å². The number of para-hydroxylation sites is 1. The molecule has 1 aliphatic heterocycles. The first-order valence-corrected chi connectivity index (χ1v) is 12.5. The molecule has 3 aromatic carbocycles. The molecule has 0 fully saturated rings. The van der Waals surface area contributed by atoms with E-state index in [0.29, 0.717) is 28.6 Å². The largest absolute Gasteiger partial charge is 0.445 e. The third kappa shape index (κ3) is 4.22. The number of fused-ring (bicyclic) bond motifs is 3. The van der Waals surface area contributed by atoms with Gasteiger partial charge in [0.25, 0.3) is 5.56 Å². The molecule has 0 spiro atoms. The SMILES string of the molecule is O=C(OC(C(=O)c1c[nH]c2ccccc12)c1ccccc1)c1ccc2c(=O)n3c(nc2c1)CCCCC3. The fourth-order valence-corrected chi connectivity index (χ4v) is 5.04. The Balaban J connectivity index is 1.36. The number of nitrogens with one attached hydrogen (secondary N) is 1. The molecule has 0 saturated carbocycles. The summed E-state index contributed by atoms with van der Waals surface area (Å²) in [5, 5.41) is 1.23. The second-order valence-electron chi connectivity index (χ2n) is 9.34. The number of nitrogens with zero attached hydrogens (tertiary/aromatic N) is 2. The summed E-state index contributed by atoms with van der Waals surface area (Å²) in [6.07, 6.45) is 4.24. The molecule has 1 aliphatic rings. The maximum absolute atomic E-state index is 13.7. The van der Waals surface area contributed by atoms with Gasteiger partial charge in [-0.1, -0.05) is 55.0 Å². The molecule has 1 atom stereocenters. The first-order chi connectivity index (χ1) is 18.1. The molecule has 0 saturated heterocycles. The number of benzene rings is 3. The Labute approximate surface area is 212 Å². The lowest BCUT2D eigenvalue weighted by Gasteiger charge is -2.17. The van der Waals surface area contributed by atoms with Crippen LogP contribution in [-0.4, -0.2) is 26.3 Å². The predicted octanol–water partition coefficient (Wildman–Crippen LogP) is 5.39. The molecule has 6 rings (SSSR count). The Morgan fingerprint density at radius 2 is 1.73 bits per heavy atom. The molecule has 0 bridgehead atoms. The van der Waals surface area contributed by atoms with Crippen molar-refractivity contribution in [1.82, 2.24) is 14.5 Å². The molecular weight excluding hydrogens is 466 g/mol. The van der Waals surface area contributed by atoms with Crippen LogP contribution in [0.5, 0.6) is 0 Å². The van der Waals surface area contributed by atoms with E-state index in [2.05, 4.69) is 4.98 Å². The number of ketones is 1. The van der Waals surface area contributed by atoms with Crippen LogP contribution in [0, 0.1) is 0 Å². The van der Waals surface area contributed by atoms with Crippen molar-refractivity contribution in [3.63, 3.8) is 0 Å². The minimum absolute atomic E-state index is 0.0847. The highest BCUT2D eigenvalue weighted by molar-refractivity contribution is 6.11. The number of aromatic amines is 1. The smallest absolute Gasteiger partial charge is 0.339 e. The van der Waals surface area contributed by atoms with Gasteiger partial charge in [-0.2, -0.15) is 0 Å². The molecule has 1 N–H and O–H groups in total. The number of aromatic nitrogens is 3. The Kier molecular flexibility index (Phi) is 5.88. The van der Waals surface area contributed by atoms with Crippen LogP contribution in [0.4, 0.5) is 0 Å². The van der Waals surface area contributed by atoms with Gasteiger partial charge in [0.05, 0.1) is 16.5 Å². The number of hydrogen-bond donors (Lipinski definition) is 1. The van der Waals surface area contributed by atoms with Gasteiger partial charge in [-0.05, 0) is 37.1 Å². The number of H-pyrrole nitrogens is 1. The first kappa shape index (κ1) is 22.9. The molecule has 0 radical (unpaired) electrons. The van der Waals surface area contributed by atoms with Gasteiger partial charge in [-0.25, -0.2) is 9.78 Å². The normalized spacial score (nSPS) is 14.2. The fourth-order valence-electron chi connectivity index (χ4n) is 5.04. The molecular formula is C30H25N3O4. The summed E-state index contributed by atoms with van der Waals surface area (Å²) >= 11 is 0. The standard InChI is InChI=1S/C30H25N3O4/c34-27(23-18-31-24-12-7-6-11-21(23)24)28(19-9-3-1-4-10-19)37-30(36)20-14-15-22-25(17-20)32-26-13-5-2-8-16-33(26)29(22)35/h1,3-4,6-7,9-12,14-15,17-18,28,31H,2,5,8,13,16H2. The predicted molar refractivity (Wildman–Crippen MR) is 141 cm³/mol. The number of Topliss-reactive ketones (excluding diaryl/α,β-unsaturated/α-hetero) is 1. The lowest BCUT2D eigenvalue weighted by molar-refractivity contribution is 0.0281. The minimum Gasteiger partial charge on any atom is -0.445 e. The third-order valence-electron chi connectivity index (χ3n) is 6.97. The molecule has 5 aromatic rings. The maximum Gasteiger partial charge on any atom is 0.339 e. The van der Waals surface area contributed by atoms with Crippen LogP contribution in [0.1, 0.15) is 57.5 Å². The molecule has 7 heteroatoms. The summed E-state index contributed by atoms with van der Waals surface area (Å²) in [7, 11) is 0. The van der Waals surface area contributed by atoms with Gasteiger partial charge in [0.15, 0.2) is 6.10 Å². The quantitative estimate of drug-likeness (QED) is 0.263. The monoisotopic (exact) mass is 491 g/mol. The van der Waals surface area contributed by atoms with Crippen LogP contribution in [0.2, 0.25) is 0 Å². The van der Waals surface area contributed by atoms with Crippen LogP contribution in [0.25, 0.3) is 21.8 Å². The average molecular weight is 492 g/mol. The first-order valence-electron chi connectivity index (χ1n) is 12.5. The molecule has 3 heterocycles. The summed E-state index contributed by atoms with van der Waals surface area (Å²) in [6, 6.07) is 21.3. The highest BCUT2D eigenvalue weighted by Gasteiger charge is 2.29. The number of ether oxygens (including phenoxy) is 1. The zero-order valence-electron chi connectivity index (χ0n) is 20.1. The Morgan fingerprint density at radius 1 is 0.919 bits per heavy atom.